The molecule has 0 aliphatic carbocycles. The van der Waals surface area contributed by atoms with E-state index in [1.807, 2.05) is 39.0 Å². The summed E-state index contributed by atoms with van der Waals surface area (Å²) in [6, 6.07) is 12.6. The Bertz CT molecular complexity index is 958. The number of rotatable bonds is 11. The van der Waals surface area contributed by atoms with Crippen LogP contribution >= 0.6 is 0 Å². The van der Waals surface area contributed by atoms with Crippen LogP contribution in [0.1, 0.15) is 55.1 Å². The van der Waals surface area contributed by atoms with Crippen molar-refractivity contribution >= 4 is 11.9 Å². The number of ether oxygens (including phenoxy) is 3. The summed E-state index contributed by atoms with van der Waals surface area (Å²) in [7, 11) is 0. The van der Waals surface area contributed by atoms with Gasteiger partial charge in [0, 0.05) is 30.7 Å². The number of carbonyl (C=O) groups excluding carboxylic acids is 1. The molecular formula is C26H33NO6. The van der Waals surface area contributed by atoms with E-state index >= 15 is 0 Å². The van der Waals surface area contributed by atoms with E-state index in [2.05, 4.69) is 5.32 Å². The largest absolute Gasteiger partial charge is 0.494 e. The van der Waals surface area contributed by atoms with Crippen LogP contribution in [0.15, 0.2) is 42.5 Å². The van der Waals surface area contributed by atoms with Crippen LogP contribution in [0.25, 0.3) is 0 Å². The predicted octanol–water partition coefficient (Wildman–Crippen LogP) is 4.23. The van der Waals surface area contributed by atoms with Gasteiger partial charge in [-0.25, -0.2) is 4.79 Å². The van der Waals surface area contributed by atoms with Gasteiger partial charge in [0.05, 0.1) is 13.2 Å². The van der Waals surface area contributed by atoms with Gasteiger partial charge in [0.2, 0.25) is 0 Å². The van der Waals surface area contributed by atoms with Gasteiger partial charge in [0.1, 0.15) is 11.5 Å². The molecule has 7 heteroatoms. The van der Waals surface area contributed by atoms with Gasteiger partial charge in [-0.3, -0.25) is 4.79 Å². The number of amides is 1. The van der Waals surface area contributed by atoms with Crippen LogP contribution in [0, 0.1) is 5.92 Å². The highest BCUT2D eigenvalue weighted by molar-refractivity contribution is 5.94. The molecule has 1 saturated heterocycles. The first-order valence-electron chi connectivity index (χ1n) is 11.5. The molecule has 33 heavy (non-hydrogen) atoms. The minimum Gasteiger partial charge on any atom is -0.494 e. The van der Waals surface area contributed by atoms with Crippen LogP contribution in [0.4, 0.5) is 0 Å². The zero-order valence-corrected chi connectivity index (χ0v) is 19.6. The molecule has 2 unspecified atom stereocenters. The minimum atomic E-state index is -1.23. The van der Waals surface area contributed by atoms with Crippen LogP contribution in [-0.4, -0.2) is 42.4 Å². The van der Waals surface area contributed by atoms with Crippen molar-refractivity contribution in [3.8, 4) is 11.5 Å². The van der Waals surface area contributed by atoms with Crippen molar-refractivity contribution in [2.75, 3.05) is 19.8 Å². The molecular weight excluding hydrogens is 422 g/mol. The van der Waals surface area contributed by atoms with E-state index in [0.29, 0.717) is 37.6 Å². The quantitative estimate of drug-likeness (QED) is 0.527. The molecule has 1 aliphatic rings. The topological polar surface area (TPSA) is 94.1 Å². The minimum absolute atomic E-state index is 0.0889. The van der Waals surface area contributed by atoms with Gasteiger partial charge in [-0.2, -0.15) is 0 Å². The predicted molar refractivity (Wildman–Crippen MR) is 125 cm³/mol. The Balaban J connectivity index is 1.73. The second-order valence-electron chi connectivity index (χ2n) is 8.34. The fourth-order valence-corrected chi connectivity index (χ4v) is 4.05. The maximum atomic E-state index is 12.7. The summed E-state index contributed by atoms with van der Waals surface area (Å²) in [4.78, 5) is 24.7. The van der Waals surface area contributed by atoms with Crippen LogP contribution in [0.3, 0.4) is 0 Å². The van der Waals surface area contributed by atoms with Crippen molar-refractivity contribution < 1.29 is 28.9 Å². The molecule has 1 aliphatic heterocycles. The smallest absolute Gasteiger partial charge is 0.336 e. The standard InChI is InChI=1S/C26H33NO6/c1-4-13-32-22-9-7-20(8-10-22)24(28)27-17-21-15-19(6-11-23(21)31-5-2)16-26(25(29)30)18(3)12-14-33-26/h6-11,15,18H,4-5,12-14,16-17H2,1-3H3,(H,27,28)(H,29,30). The number of nitrogens with one attached hydrogen (secondary N) is 1. The molecule has 1 amide bonds. The molecule has 2 aromatic rings. The maximum Gasteiger partial charge on any atom is 0.336 e. The number of carboxylic acids is 1. The summed E-state index contributed by atoms with van der Waals surface area (Å²) in [6.07, 6.45) is 1.90. The first-order valence-corrected chi connectivity index (χ1v) is 11.5. The van der Waals surface area contributed by atoms with Crippen molar-refractivity contribution in [2.45, 2.75) is 52.2 Å². The highest BCUT2D eigenvalue weighted by Gasteiger charge is 2.48. The van der Waals surface area contributed by atoms with Gasteiger partial charge >= 0.3 is 5.97 Å². The molecule has 2 aromatic carbocycles. The molecule has 1 fully saturated rings. The third-order valence-corrected chi connectivity index (χ3v) is 5.99. The average molecular weight is 456 g/mol. The van der Waals surface area contributed by atoms with Crippen LogP contribution in [0.5, 0.6) is 11.5 Å². The second-order valence-corrected chi connectivity index (χ2v) is 8.34. The average Bonchev–Trinajstić information content (AvgIpc) is 3.19. The van der Waals surface area contributed by atoms with Crippen LogP contribution in [-0.2, 0) is 22.5 Å². The van der Waals surface area contributed by atoms with E-state index in [0.717, 1.165) is 23.3 Å². The highest BCUT2D eigenvalue weighted by Crippen LogP contribution is 2.36. The van der Waals surface area contributed by atoms with Gasteiger partial charge in [-0.05, 0) is 61.6 Å². The number of carboxylic acid groups (broad SMARTS) is 1. The number of aliphatic carboxylic acids is 1. The number of hydrogen-bond donors (Lipinski definition) is 2. The van der Waals surface area contributed by atoms with Crippen molar-refractivity contribution in [2.24, 2.45) is 5.92 Å². The van der Waals surface area contributed by atoms with Gasteiger partial charge < -0.3 is 24.6 Å². The Morgan fingerprint density at radius 3 is 2.52 bits per heavy atom. The highest BCUT2D eigenvalue weighted by atomic mass is 16.5. The molecule has 1 heterocycles. The van der Waals surface area contributed by atoms with E-state index in [4.69, 9.17) is 14.2 Å². The fraction of sp³-hybridized carbons (Fsp3) is 0.462. The third kappa shape index (κ3) is 5.85. The Morgan fingerprint density at radius 2 is 1.91 bits per heavy atom. The first kappa shape index (κ1) is 24.6. The molecule has 0 aromatic heterocycles. The van der Waals surface area contributed by atoms with Crippen LogP contribution in [0.2, 0.25) is 0 Å². The van der Waals surface area contributed by atoms with Crippen molar-refractivity contribution in [1.29, 1.82) is 0 Å². The van der Waals surface area contributed by atoms with E-state index in [9.17, 15) is 14.7 Å². The Kier molecular flexibility index (Phi) is 8.33. The summed E-state index contributed by atoms with van der Waals surface area (Å²) in [5.74, 6) is 0.154. The molecule has 178 valence electrons. The second kappa shape index (κ2) is 11.2. The lowest BCUT2D eigenvalue weighted by atomic mass is 9.83. The van der Waals surface area contributed by atoms with Gasteiger partial charge in [0.15, 0.2) is 5.60 Å². The monoisotopic (exact) mass is 455 g/mol. The molecule has 0 bridgehead atoms. The zero-order chi connectivity index (χ0) is 23.8. The SMILES string of the molecule is CCCOc1ccc(C(=O)NCc2cc(CC3(C(=O)O)OCCC3C)ccc2OCC)cc1. The normalized spacial score (nSPS) is 19.8. The Labute approximate surface area is 195 Å². The van der Waals surface area contributed by atoms with E-state index in [-0.39, 0.29) is 24.8 Å². The van der Waals surface area contributed by atoms with Crippen LogP contribution < -0.4 is 14.8 Å². The molecule has 0 saturated carbocycles. The van der Waals surface area contributed by atoms with Gasteiger partial charge in [-0.15, -0.1) is 0 Å². The van der Waals surface area contributed by atoms with Crippen molar-refractivity contribution in [3.63, 3.8) is 0 Å². The number of benzene rings is 2. The van der Waals surface area contributed by atoms with Crippen molar-refractivity contribution in [3.05, 3.63) is 59.2 Å². The van der Waals surface area contributed by atoms with E-state index < -0.39 is 11.6 Å². The Hall–Kier alpha value is -3.06. The Morgan fingerprint density at radius 1 is 1.15 bits per heavy atom. The summed E-state index contributed by atoms with van der Waals surface area (Å²) in [6.45, 7) is 7.66. The molecule has 2 N–H and O–H groups in total. The summed E-state index contributed by atoms with van der Waals surface area (Å²) in [5, 5.41) is 12.8. The lowest BCUT2D eigenvalue weighted by Gasteiger charge is -2.28. The number of hydrogen-bond acceptors (Lipinski definition) is 5. The third-order valence-electron chi connectivity index (χ3n) is 5.99. The lowest BCUT2D eigenvalue weighted by Crippen LogP contribution is -2.45. The zero-order valence-electron chi connectivity index (χ0n) is 19.6. The maximum absolute atomic E-state index is 12.7. The van der Waals surface area contributed by atoms with Crippen molar-refractivity contribution in [1.82, 2.24) is 5.32 Å². The number of carbonyl (C=O) groups is 2. The summed E-state index contributed by atoms with van der Waals surface area (Å²) in [5.41, 5.74) is 0.925. The van der Waals surface area contributed by atoms with E-state index in [1.54, 1.807) is 24.3 Å². The molecule has 2 atom stereocenters. The summed E-state index contributed by atoms with van der Waals surface area (Å²) >= 11 is 0. The molecule has 0 radical (unpaired) electrons. The van der Waals surface area contributed by atoms with E-state index in [1.165, 1.54) is 0 Å². The summed E-state index contributed by atoms with van der Waals surface area (Å²) < 4.78 is 17.0. The molecule has 0 spiro atoms. The molecule has 3 rings (SSSR count). The van der Waals surface area contributed by atoms with Gasteiger partial charge in [0.25, 0.3) is 5.91 Å². The molecule has 7 nitrogen and oxygen atoms in total. The first-order chi connectivity index (χ1) is 15.9. The lowest BCUT2D eigenvalue weighted by molar-refractivity contribution is -0.163. The fourth-order valence-electron chi connectivity index (χ4n) is 4.05. The van der Waals surface area contributed by atoms with Gasteiger partial charge in [-0.1, -0.05) is 26.0 Å².